The molecule has 0 atom stereocenters. The van der Waals surface area contributed by atoms with Crippen LogP contribution in [0, 0.1) is 0 Å². The van der Waals surface area contributed by atoms with Gasteiger partial charge < -0.3 is 10.2 Å². The molecule has 84 valence electrons. The smallest absolute Gasteiger partial charge is 0.242 e. The first-order valence-corrected chi connectivity index (χ1v) is 8.84. The zero-order valence-corrected chi connectivity index (χ0v) is 10.9. The molecular formula is C13H17NOSi. The summed E-state index contributed by atoms with van der Waals surface area (Å²) >= 11 is 0. The molecule has 2 aromatic carbocycles. The Morgan fingerprint density at radius 3 is 2.19 bits per heavy atom. The Bertz CT molecular complexity index is 517. The molecular weight excluding hydrogens is 214 g/mol. The molecule has 0 unspecified atom stereocenters. The predicted molar refractivity (Wildman–Crippen MR) is 72.3 cm³/mol. The van der Waals surface area contributed by atoms with E-state index in [2.05, 4.69) is 25.7 Å². The summed E-state index contributed by atoms with van der Waals surface area (Å²) in [6.07, 6.45) is 0. The number of benzene rings is 2. The van der Waals surface area contributed by atoms with E-state index < -0.39 is 8.32 Å². The Labute approximate surface area is 97.2 Å². The van der Waals surface area contributed by atoms with Gasteiger partial charge in [-0.1, -0.05) is 24.3 Å². The van der Waals surface area contributed by atoms with Crippen LogP contribution in [0.4, 0.5) is 5.69 Å². The highest BCUT2D eigenvalue weighted by atomic mass is 28.4. The first-order chi connectivity index (χ1) is 7.47. The van der Waals surface area contributed by atoms with Crippen molar-refractivity contribution in [2.75, 3.05) is 5.73 Å². The molecule has 0 radical (unpaired) electrons. The SMILES string of the molecule is C[Si](C)(C)Oc1ccc(N)c2ccccc12. The van der Waals surface area contributed by atoms with Gasteiger partial charge in [-0.3, -0.25) is 0 Å². The molecule has 0 aliphatic carbocycles. The summed E-state index contributed by atoms with van der Waals surface area (Å²) in [7, 11) is -1.57. The van der Waals surface area contributed by atoms with Crippen molar-refractivity contribution in [3.05, 3.63) is 36.4 Å². The lowest BCUT2D eigenvalue weighted by molar-refractivity contribution is 0.564. The molecule has 2 N–H and O–H groups in total. The molecule has 2 nitrogen and oxygen atoms in total. The van der Waals surface area contributed by atoms with Crippen molar-refractivity contribution in [2.45, 2.75) is 19.6 Å². The summed E-state index contributed by atoms with van der Waals surface area (Å²) in [5, 5.41) is 2.17. The van der Waals surface area contributed by atoms with E-state index in [-0.39, 0.29) is 0 Å². The zero-order chi connectivity index (χ0) is 11.8. The van der Waals surface area contributed by atoms with Gasteiger partial charge in [0.1, 0.15) is 5.75 Å². The van der Waals surface area contributed by atoms with E-state index in [0.29, 0.717) is 0 Å². The summed E-state index contributed by atoms with van der Waals surface area (Å²) in [6, 6.07) is 12.0. The Morgan fingerprint density at radius 1 is 0.938 bits per heavy atom. The fraction of sp³-hybridized carbons (Fsp3) is 0.231. The predicted octanol–water partition coefficient (Wildman–Crippen LogP) is 3.64. The zero-order valence-electron chi connectivity index (χ0n) is 9.95. The monoisotopic (exact) mass is 231 g/mol. The van der Waals surface area contributed by atoms with Crippen LogP contribution in [-0.2, 0) is 0 Å². The number of hydrogen-bond donors (Lipinski definition) is 1. The van der Waals surface area contributed by atoms with E-state index in [1.165, 1.54) is 0 Å². The summed E-state index contributed by atoms with van der Waals surface area (Å²) in [6.45, 7) is 6.54. The maximum absolute atomic E-state index is 6.05. The van der Waals surface area contributed by atoms with Crippen LogP contribution in [0.1, 0.15) is 0 Å². The van der Waals surface area contributed by atoms with E-state index >= 15 is 0 Å². The first-order valence-electron chi connectivity index (χ1n) is 5.43. The first kappa shape index (κ1) is 11.0. The van der Waals surface area contributed by atoms with Gasteiger partial charge >= 0.3 is 0 Å². The van der Waals surface area contributed by atoms with Gasteiger partial charge in [0.25, 0.3) is 0 Å². The van der Waals surface area contributed by atoms with Crippen molar-refractivity contribution in [3.8, 4) is 5.75 Å². The minimum absolute atomic E-state index is 0.804. The van der Waals surface area contributed by atoms with Gasteiger partial charge in [0.05, 0.1) is 0 Å². The molecule has 0 heterocycles. The van der Waals surface area contributed by atoms with Gasteiger partial charge in [0, 0.05) is 16.5 Å². The van der Waals surface area contributed by atoms with Gasteiger partial charge in [0.2, 0.25) is 8.32 Å². The largest absolute Gasteiger partial charge is 0.544 e. The second-order valence-corrected chi connectivity index (χ2v) is 9.34. The van der Waals surface area contributed by atoms with Crippen LogP contribution >= 0.6 is 0 Å². The second-order valence-electron chi connectivity index (χ2n) is 4.91. The van der Waals surface area contributed by atoms with Crippen molar-refractivity contribution < 1.29 is 4.43 Å². The van der Waals surface area contributed by atoms with E-state index in [0.717, 1.165) is 22.2 Å². The minimum Gasteiger partial charge on any atom is -0.544 e. The van der Waals surface area contributed by atoms with E-state index in [1.807, 2.05) is 30.3 Å². The van der Waals surface area contributed by atoms with Crippen LogP contribution in [0.25, 0.3) is 10.8 Å². The number of fused-ring (bicyclic) bond motifs is 1. The Kier molecular flexibility index (Phi) is 2.64. The van der Waals surface area contributed by atoms with E-state index in [1.54, 1.807) is 0 Å². The molecule has 0 aliphatic rings. The summed E-state index contributed by atoms with van der Waals surface area (Å²) < 4.78 is 6.05. The molecule has 0 aliphatic heterocycles. The molecule has 0 bridgehead atoms. The average Bonchev–Trinajstić information content (AvgIpc) is 2.21. The third kappa shape index (κ3) is 2.19. The summed E-state index contributed by atoms with van der Waals surface area (Å²) in [5.74, 6) is 0.948. The maximum Gasteiger partial charge on any atom is 0.242 e. The van der Waals surface area contributed by atoms with Crippen molar-refractivity contribution in [3.63, 3.8) is 0 Å². The van der Waals surface area contributed by atoms with Gasteiger partial charge in [-0.05, 0) is 31.8 Å². The Balaban J connectivity index is 2.59. The molecule has 0 spiro atoms. The number of rotatable bonds is 2. The molecule has 0 aromatic heterocycles. The third-order valence-electron chi connectivity index (χ3n) is 2.33. The lowest BCUT2D eigenvalue weighted by atomic mass is 10.1. The number of hydrogen-bond acceptors (Lipinski definition) is 2. The molecule has 2 rings (SSSR count). The molecule has 0 fully saturated rings. The van der Waals surface area contributed by atoms with Gasteiger partial charge in [-0.25, -0.2) is 0 Å². The average molecular weight is 231 g/mol. The second kappa shape index (κ2) is 3.83. The van der Waals surface area contributed by atoms with E-state index in [9.17, 15) is 0 Å². The van der Waals surface area contributed by atoms with Gasteiger partial charge in [0.15, 0.2) is 0 Å². The highest BCUT2D eigenvalue weighted by molar-refractivity contribution is 6.70. The van der Waals surface area contributed by atoms with Crippen LogP contribution in [0.5, 0.6) is 5.75 Å². The molecule has 16 heavy (non-hydrogen) atoms. The topological polar surface area (TPSA) is 35.2 Å². The maximum atomic E-state index is 6.05. The minimum atomic E-state index is -1.57. The van der Waals surface area contributed by atoms with Crippen LogP contribution in [0.3, 0.4) is 0 Å². The van der Waals surface area contributed by atoms with E-state index in [4.69, 9.17) is 10.2 Å². The van der Waals surface area contributed by atoms with Crippen molar-refractivity contribution in [1.82, 2.24) is 0 Å². The van der Waals surface area contributed by atoms with Crippen molar-refractivity contribution >= 4 is 24.8 Å². The molecule has 0 amide bonds. The van der Waals surface area contributed by atoms with Gasteiger partial charge in [-0.15, -0.1) is 0 Å². The lowest BCUT2D eigenvalue weighted by Crippen LogP contribution is -2.29. The summed E-state index contributed by atoms with van der Waals surface area (Å²) in [5.41, 5.74) is 6.75. The standard InChI is InChI=1S/C13H17NOSi/c1-16(2,3)15-13-9-8-12(14)10-6-4-5-7-11(10)13/h4-9H,14H2,1-3H3. The highest BCUT2D eigenvalue weighted by Crippen LogP contribution is 2.31. The number of anilines is 1. The Hall–Kier alpha value is -1.48. The molecule has 0 saturated carbocycles. The molecule has 0 saturated heterocycles. The fourth-order valence-corrected chi connectivity index (χ4v) is 2.55. The van der Waals surface area contributed by atoms with Crippen LogP contribution in [0.2, 0.25) is 19.6 Å². The van der Waals surface area contributed by atoms with Crippen LogP contribution in [0.15, 0.2) is 36.4 Å². The lowest BCUT2D eigenvalue weighted by Gasteiger charge is -2.21. The normalized spacial score (nSPS) is 11.7. The fourth-order valence-electron chi connectivity index (χ4n) is 1.71. The Morgan fingerprint density at radius 2 is 1.56 bits per heavy atom. The van der Waals surface area contributed by atoms with Crippen LogP contribution < -0.4 is 10.2 Å². The number of nitrogen functional groups attached to an aromatic ring is 1. The van der Waals surface area contributed by atoms with Gasteiger partial charge in [-0.2, -0.15) is 0 Å². The number of nitrogens with two attached hydrogens (primary N) is 1. The highest BCUT2D eigenvalue weighted by Gasteiger charge is 2.17. The molecule has 3 heteroatoms. The van der Waals surface area contributed by atoms with Crippen LogP contribution in [-0.4, -0.2) is 8.32 Å². The quantitative estimate of drug-likeness (QED) is 0.632. The third-order valence-corrected chi connectivity index (χ3v) is 3.17. The van der Waals surface area contributed by atoms with Crippen molar-refractivity contribution in [1.29, 1.82) is 0 Å². The summed E-state index contributed by atoms with van der Waals surface area (Å²) in [4.78, 5) is 0. The molecule has 2 aromatic rings. The van der Waals surface area contributed by atoms with Crippen molar-refractivity contribution in [2.24, 2.45) is 0 Å².